The lowest BCUT2D eigenvalue weighted by atomic mass is 10.0. The first-order valence-corrected chi connectivity index (χ1v) is 8.89. The van der Waals surface area contributed by atoms with Gasteiger partial charge in [0, 0.05) is 22.0 Å². The van der Waals surface area contributed by atoms with Crippen molar-refractivity contribution in [3.05, 3.63) is 33.8 Å². The van der Waals surface area contributed by atoms with Crippen molar-refractivity contribution in [1.82, 2.24) is 5.32 Å². The number of hydrogen-bond acceptors (Lipinski definition) is 5. The van der Waals surface area contributed by atoms with Crippen molar-refractivity contribution in [3.63, 3.8) is 0 Å². The Morgan fingerprint density at radius 2 is 1.58 bits per heavy atom. The highest BCUT2D eigenvalue weighted by Crippen LogP contribution is 2.18. The number of carbonyl (C=O) groups excluding carboxylic acids is 2. The van der Waals surface area contributed by atoms with E-state index in [0.717, 1.165) is 0 Å². The second-order valence-electron chi connectivity index (χ2n) is 6.11. The maximum Gasteiger partial charge on any atom is 0.323 e. The summed E-state index contributed by atoms with van der Waals surface area (Å²) in [6, 6.07) is 3.59. The van der Waals surface area contributed by atoms with E-state index in [9.17, 15) is 9.59 Å². The van der Waals surface area contributed by atoms with E-state index in [1.807, 2.05) is 13.8 Å². The van der Waals surface area contributed by atoms with Crippen LogP contribution in [0.3, 0.4) is 0 Å². The van der Waals surface area contributed by atoms with Crippen molar-refractivity contribution in [1.29, 1.82) is 0 Å². The Morgan fingerprint density at radius 3 is 2.08 bits per heavy atom. The van der Waals surface area contributed by atoms with Gasteiger partial charge >= 0.3 is 11.9 Å². The molecule has 1 rings (SSSR count). The first-order chi connectivity index (χ1) is 12.3. The first-order valence-electron chi connectivity index (χ1n) is 8.13. The molecule has 142 valence electrons. The Balaban J connectivity index is 2.91. The molecule has 1 aromatic carbocycles. The highest BCUT2D eigenvalue weighted by Gasteiger charge is 2.27. The van der Waals surface area contributed by atoms with Crippen LogP contribution in [0.1, 0.15) is 32.3 Å². The summed E-state index contributed by atoms with van der Waals surface area (Å²) in [5, 5.41) is 3.95. The number of methoxy groups -OCH3 is 2. The van der Waals surface area contributed by atoms with Crippen LogP contribution in [0.4, 0.5) is 0 Å². The second-order valence-corrected chi connectivity index (χ2v) is 6.98. The van der Waals surface area contributed by atoms with E-state index in [1.165, 1.54) is 14.2 Å². The molecule has 7 heteroatoms. The predicted octanol–water partition coefficient (Wildman–Crippen LogP) is 3.45. The summed E-state index contributed by atoms with van der Waals surface area (Å²) in [5.74, 6) is 5.13. The van der Waals surface area contributed by atoms with Gasteiger partial charge in [0.05, 0.1) is 14.2 Å². The smallest absolute Gasteiger partial charge is 0.323 e. The topological polar surface area (TPSA) is 64.6 Å². The van der Waals surface area contributed by atoms with Crippen LogP contribution in [0, 0.1) is 17.8 Å². The zero-order chi connectivity index (χ0) is 19.7. The molecule has 0 radical (unpaired) electrons. The molecule has 1 N–H and O–H groups in total. The van der Waals surface area contributed by atoms with E-state index < -0.39 is 24.0 Å². The fourth-order valence-electron chi connectivity index (χ4n) is 2.32. The summed E-state index contributed by atoms with van der Waals surface area (Å²) < 4.78 is 9.62. The van der Waals surface area contributed by atoms with Gasteiger partial charge in [-0.2, -0.15) is 0 Å². The highest BCUT2D eigenvalue weighted by atomic mass is 35.5. The summed E-state index contributed by atoms with van der Waals surface area (Å²) in [4.78, 5) is 24.0. The molecular formula is C19H23Cl2NO4. The van der Waals surface area contributed by atoms with Crippen LogP contribution in [0.2, 0.25) is 10.0 Å². The molecule has 26 heavy (non-hydrogen) atoms. The van der Waals surface area contributed by atoms with Crippen LogP contribution in [0.25, 0.3) is 0 Å². The van der Waals surface area contributed by atoms with Gasteiger partial charge < -0.3 is 9.47 Å². The Labute approximate surface area is 164 Å². The van der Waals surface area contributed by atoms with Gasteiger partial charge in [-0.1, -0.05) is 48.9 Å². The summed E-state index contributed by atoms with van der Waals surface area (Å²) >= 11 is 11.9. The predicted molar refractivity (Wildman–Crippen MR) is 102 cm³/mol. The van der Waals surface area contributed by atoms with Gasteiger partial charge in [0.25, 0.3) is 0 Å². The lowest BCUT2D eigenvalue weighted by molar-refractivity contribution is -0.146. The quantitative estimate of drug-likeness (QED) is 0.561. The van der Waals surface area contributed by atoms with Gasteiger partial charge in [0.15, 0.2) is 0 Å². The third-order valence-corrected chi connectivity index (χ3v) is 3.92. The molecule has 0 saturated carbocycles. The summed E-state index contributed by atoms with van der Waals surface area (Å²) in [6.45, 7) is 3.96. The first kappa shape index (κ1) is 22.3. The lowest BCUT2D eigenvalue weighted by Gasteiger charge is -2.22. The minimum Gasteiger partial charge on any atom is -0.468 e. The van der Waals surface area contributed by atoms with E-state index in [4.69, 9.17) is 32.7 Å². The van der Waals surface area contributed by atoms with E-state index in [2.05, 4.69) is 17.2 Å². The number of rotatable bonds is 7. The Hall–Kier alpha value is -1.74. The molecule has 0 spiro atoms. The van der Waals surface area contributed by atoms with E-state index in [-0.39, 0.29) is 12.3 Å². The molecule has 0 bridgehead atoms. The molecule has 0 aliphatic heterocycles. The number of hydrogen-bond donors (Lipinski definition) is 1. The normalized spacial score (nSPS) is 12.7. The molecule has 0 aliphatic rings. The molecule has 0 amide bonds. The zero-order valence-corrected chi connectivity index (χ0v) is 16.8. The third-order valence-electron chi connectivity index (χ3n) is 3.48. The maximum absolute atomic E-state index is 12.0. The van der Waals surface area contributed by atoms with Crippen molar-refractivity contribution in [2.24, 2.45) is 5.92 Å². The van der Waals surface area contributed by atoms with Crippen molar-refractivity contribution in [2.75, 3.05) is 14.2 Å². The summed E-state index contributed by atoms with van der Waals surface area (Å²) in [5.41, 5.74) is 0.637. The highest BCUT2D eigenvalue weighted by molar-refractivity contribution is 6.34. The zero-order valence-electron chi connectivity index (χ0n) is 15.3. The van der Waals surface area contributed by atoms with E-state index in [1.54, 1.807) is 18.2 Å². The average molecular weight is 400 g/mol. The average Bonchev–Trinajstić information content (AvgIpc) is 2.57. The third kappa shape index (κ3) is 7.65. The number of esters is 2. The summed E-state index contributed by atoms with van der Waals surface area (Å²) in [6.07, 6.45) is 0.680. The van der Waals surface area contributed by atoms with Gasteiger partial charge in [0.1, 0.15) is 12.1 Å². The van der Waals surface area contributed by atoms with Gasteiger partial charge in [-0.05, 0) is 30.5 Å². The second kappa shape index (κ2) is 11.1. The monoisotopic (exact) mass is 399 g/mol. The molecule has 2 atom stereocenters. The molecule has 5 nitrogen and oxygen atoms in total. The molecule has 0 aliphatic carbocycles. The Bertz CT molecular complexity index is 674. The SMILES string of the molecule is COC(=O)C(CC#Cc1cc(Cl)cc(Cl)c1)NC(CC(C)C)C(=O)OC. The molecule has 0 heterocycles. The van der Waals surface area contributed by atoms with Crippen LogP contribution >= 0.6 is 23.2 Å². The fourth-order valence-corrected chi connectivity index (χ4v) is 2.85. The van der Waals surface area contributed by atoms with Crippen molar-refractivity contribution in [3.8, 4) is 11.8 Å². The van der Waals surface area contributed by atoms with Gasteiger partial charge in [-0.15, -0.1) is 0 Å². The molecule has 1 aromatic rings. The minimum absolute atomic E-state index is 0.155. The Kier molecular flexibility index (Phi) is 9.50. The number of benzene rings is 1. The Morgan fingerprint density at radius 1 is 1.04 bits per heavy atom. The van der Waals surface area contributed by atoms with Crippen LogP contribution in [0.15, 0.2) is 18.2 Å². The van der Waals surface area contributed by atoms with E-state index in [0.29, 0.717) is 22.0 Å². The number of ether oxygens (including phenoxy) is 2. The molecule has 0 saturated heterocycles. The van der Waals surface area contributed by atoms with Crippen molar-refractivity contribution >= 4 is 35.1 Å². The van der Waals surface area contributed by atoms with Crippen LogP contribution in [-0.4, -0.2) is 38.2 Å². The fraction of sp³-hybridized carbons (Fsp3) is 0.474. The van der Waals surface area contributed by atoms with Crippen LogP contribution < -0.4 is 5.32 Å². The van der Waals surface area contributed by atoms with Gasteiger partial charge in [0.2, 0.25) is 0 Å². The molecule has 0 fully saturated rings. The molecule has 0 aromatic heterocycles. The van der Waals surface area contributed by atoms with Gasteiger partial charge in [-0.25, -0.2) is 0 Å². The van der Waals surface area contributed by atoms with E-state index >= 15 is 0 Å². The minimum atomic E-state index is -0.759. The standard InChI is InChI=1S/C19H23Cl2NO4/c1-12(2)8-17(19(24)26-4)22-16(18(23)25-3)7-5-6-13-9-14(20)11-15(21)10-13/h9-12,16-17,22H,7-8H2,1-4H3. The van der Waals surface area contributed by atoms with Crippen molar-refractivity contribution in [2.45, 2.75) is 38.8 Å². The number of nitrogens with one attached hydrogen (secondary N) is 1. The van der Waals surface area contributed by atoms with Crippen LogP contribution in [0.5, 0.6) is 0 Å². The number of halogens is 2. The van der Waals surface area contributed by atoms with Gasteiger partial charge in [-0.3, -0.25) is 14.9 Å². The largest absolute Gasteiger partial charge is 0.468 e. The summed E-state index contributed by atoms with van der Waals surface area (Å²) in [7, 11) is 2.60. The maximum atomic E-state index is 12.0. The molecular weight excluding hydrogens is 377 g/mol. The molecule has 2 unspecified atom stereocenters. The number of carbonyl (C=O) groups is 2. The van der Waals surface area contributed by atoms with Crippen LogP contribution in [-0.2, 0) is 19.1 Å². The lowest BCUT2D eigenvalue weighted by Crippen LogP contribution is -2.48. The van der Waals surface area contributed by atoms with Crippen molar-refractivity contribution < 1.29 is 19.1 Å².